The zero-order chi connectivity index (χ0) is 19.5. The topological polar surface area (TPSA) is 82.6 Å². The third kappa shape index (κ3) is 3.73. The van der Waals surface area contributed by atoms with E-state index in [9.17, 15) is 4.79 Å². The molecule has 3 aromatic rings. The number of carbonyl (C=O) groups excluding carboxylic acids is 1. The molecular formula is C21H19N3O4. The quantitative estimate of drug-likeness (QED) is 0.670. The van der Waals surface area contributed by atoms with Gasteiger partial charge in [-0.05, 0) is 56.3 Å². The number of hydrogen-bond acceptors (Lipinski definition) is 7. The second-order valence-electron chi connectivity index (χ2n) is 6.21. The first-order valence-electron chi connectivity index (χ1n) is 8.92. The van der Waals surface area contributed by atoms with E-state index >= 15 is 0 Å². The molecular weight excluding hydrogens is 358 g/mol. The smallest absolute Gasteiger partial charge is 0.338 e. The molecule has 0 saturated heterocycles. The molecule has 28 heavy (non-hydrogen) atoms. The molecule has 1 aromatic heterocycles. The summed E-state index contributed by atoms with van der Waals surface area (Å²) in [5.74, 6) is 2.31. The van der Waals surface area contributed by atoms with Crippen LogP contribution in [0.4, 0.5) is 11.5 Å². The Hall–Kier alpha value is -3.61. The predicted octanol–water partition coefficient (Wildman–Crippen LogP) is 4.10. The monoisotopic (exact) mass is 377 g/mol. The van der Waals surface area contributed by atoms with Gasteiger partial charge in [0.1, 0.15) is 5.82 Å². The maximum Gasteiger partial charge on any atom is 0.338 e. The Morgan fingerprint density at radius 3 is 2.64 bits per heavy atom. The number of carbonyl (C=O) groups is 1. The molecule has 0 saturated carbocycles. The standard InChI is InChI=1S/C21H19N3O4/c1-3-26-21(25)14-4-7-16(8-5-14)23-19-10-13(2)22-20(24-19)15-6-9-17-18(11-15)28-12-27-17/h4-11H,3,12H2,1-2H3,(H,22,23,24). The molecule has 2 aromatic carbocycles. The first kappa shape index (κ1) is 17.8. The van der Waals surface area contributed by atoms with E-state index in [2.05, 4.69) is 15.3 Å². The first-order valence-corrected chi connectivity index (χ1v) is 8.92. The van der Waals surface area contributed by atoms with Crippen molar-refractivity contribution in [1.82, 2.24) is 9.97 Å². The summed E-state index contributed by atoms with van der Waals surface area (Å²) in [4.78, 5) is 20.9. The van der Waals surface area contributed by atoms with Crippen LogP contribution >= 0.6 is 0 Å². The number of hydrogen-bond donors (Lipinski definition) is 1. The van der Waals surface area contributed by atoms with Crippen molar-refractivity contribution in [2.75, 3.05) is 18.7 Å². The van der Waals surface area contributed by atoms with E-state index in [1.165, 1.54) is 0 Å². The van der Waals surface area contributed by atoms with Gasteiger partial charge in [0.15, 0.2) is 17.3 Å². The summed E-state index contributed by atoms with van der Waals surface area (Å²) in [6.07, 6.45) is 0. The minimum absolute atomic E-state index is 0.224. The van der Waals surface area contributed by atoms with Gasteiger partial charge in [0.05, 0.1) is 12.2 Å². The van der Waals surface area contributed by atoms with Gasteiger partial charge >= 0.3 is 5.97 Å². The highest BCUT2D eigenvalue weighted by Crippen LogP contribution is 2.35. The van der Waals surface area contributed by atoms with E-state index < -0.39 is 0 Å². The van der Waals surface area contributed by atoms with E-state index in [1.807, 2.05) is 43.3 Å². The number of nitrogens with one attached hydrogen (secondary N) is 1. The van der Waals surface area contributed by atoms with Crippen molar-refractivity contribution in [3.63, 3.8) is 0 Å². The Kier molecular flexibility index (Phi) is 4.80. The molecule has 0 bridgehead atoms. The Morgan fingerprint density at radius 2 is 1.86 bits per heavy atom. The van der Waals surface area contributed by atoms with Crippen LogP contribution in [0.2, 0.25) is 0 Å². The fourth-order valence-corrected chi connectivity index (χ4v) is 2.85. The second-order valence-corrected chi connectivity index (χ2v) is 6.21. The normalized spacial score (nSPS) is 11.9. The zero-order valence-electron chi connectivity index (χ0n) is 15.6. The third-order valence-electron chi connectivity index (χ3n) is 4.15. The number of rotatable bonds is 5. The van der Waals surface area contributed by atoms with E-state index in [4.69, 9.17) is 14.2 Å². The van der Waals surface area contributed by atoms with Crippen LogP contribution in [0.25, 0.3) is 11.4 Å². The average Bonchev–Trinajstić information content (AvgIpc) is 3.16. The van der Waals surface area contributed by atoms with Crippen molar-refractivity contribution in [3.05, 3.63) is 59.8 Å². The molecule has 1 aliphatic heterocycles. The minimum atomic E-state index is -0.336. The van der Waals surface area contributed by atoms with E-state index in [0.29, 0.717) is 29.6 Å². The summed E-state index contributed by atoms with van der Waals surface area (Å²) >= 11 is 0. The zero-order valence-corrected chi connectivity index (χ0v) is 15.6. The van der Waals surface area contributed by atoms with Gasteiger partial charge in [-0.3, -0.25) is 0 Å². The van der Waals surface area contributed by atoms with Crippen molar-refractivity contribution in [2.45, 2.75) is 13.8 Å². The SMILES string of the molecule is CCOC(=O)c1ccc(Nc2cc(C)nc(-c3ccc4c(c3)OCO4)n2)cc1. The second kappa shape index (κ2) is 7.56. The molecule has 4 rings (SSSR count). The highest BCUT2D eigenvalue weighted by molar-refractivity contribution is 5.89. The van der Waals surface area contributed by atoms with Gasteiger partial charge in [0, 0.05) is 23.0 Å². The number of esters is 1. The molecule has 0 amide bonds. The largest absolute Gasteiger partial charge is 0.462 e. The van der Waals surface area contributed by atoms with Crippen LogP contribution in [-0.4, -0.2) is 29.3 Å². The number of aromatic nitrogens is 2. The van der Waals surface area contributed by atoms with Crippen molar-refractivity contribution < 1.29 is 19.0 Å². The van der Waals surface area contributed by atoms with Gasteiger partial charge < -0.3 is 19.5 Å². The Morgan fingerprint density at radius 1 is 1.07 bits per heavy atom. The van der Waals surface area contributed by atoms with Gasteiger partial charge in [0.25, 0.3) is 0 Å². The van der Waals surface area contributed by atoms with Crippen LogP contribution in [0.1, 0.15) is 23.0 Å². The fraction of sp³-hybridized carbons (Fsp3) is 0.190. The third-order valence-corrected chi connectivity index (χ3v) is 4.15. The number of aryl methyl sites for hydroxylation is 1. The van der Waals surface area contributed by atoms with Crippen molar-refractivity contribution in [1.29, 1.82) is 0 Å². The van der Waals surface area contributed by atoms with E-state index in [-0.39, 0.29) is 12.8 Å². The first-order chi connectivity index (χ1) is 13.6. The molecule has 0 atom stereocenters. The van der Waals surface area contributed by atoms with Crippen molar-refractivity contribution >= 4 is 17.5 Å². The average molecular weight is 377 g/mol. The van der Waals surface area contributed by atoms with Crippen LogP contribution in [-0.2, 0) is 4.74 Å². The van der Waals surface area contributed by atoms with E-state index in [0.717, 1.165) is 22.7 Å². The lowest BCUT2D eigenvalue weighted by Crippen LogP contribution is -2.04. The molecule has 0 unspecified atom stereocenters. The Balaban J connectivity index is 1.57. The van der Waals surface area contributed by atoms with Crippen LogP contribution in [0.5, 0.6) is 11.5 Å². The molecule has 142 valence electrons. The lowest BCUT2D eigenvalue weighted by molar-refractivity contribution is 0.0526. The summed E-state index contributed by atoms with van der Waals surface area (Å²) in [5, 5.41) is 3.25. The molecule has 7 nitrogen and oxygen atoms in total. The van der Waals surface area contributed by atoms with Crippen LogP contribution in [0, 0.1) is 6.92 Å². The maximum atomic E-state index is 11.8. The molecule has 1 aliphatic rings. The molecule has 0 fully saturated rings. The molecule has 2 heterocycles. The molecule has 7 heteroatoms. The summed E-state index contributed by atoms with van der Waals surface area (Å²) in [6.45, 7) is 4.26. The number of fused-ring (bicyclic) bond motifs is 1. The van der Waals surface area contributed by atoms with Gasteiger partial charge in [-0.25, -0.2) is 14.8 Å². The fourth-order valence-electron chi connectivity index (χ4n) is 2.85. The van der Waals surface area contributed by atoms with Gasteiger partial charge in [-0.1, -0.05) is 0 Å². The predicted molar refractivity (Wildman–Crippen MR) is 104 cm³/mol. The summed E-state index contributed by atoms with van der Waals surface area (Å²) < 4.78 is 15.8. The lowest BCUT2D eigenvalue weighted by atomic mass is 10.2. The van der Waals surface area contributed by atoms with Crippen LogP contribution < -0.4 is 14.8 Å². The summed E-state index contributed by atoms with van der Waals surface area (Å²) in [6, 6.07) is 14.5. The van der Waals surface area contributed by atoms with Crippen LogP contribution in [0.3, 0.4) is 0 Å². The number of benzene rings is 2. The highest BCUT2D eigenvalue weighted by Gasteiger charge is 2.15. The summed E-state index contributed by atoms with van der Waals surface area (Å²) in [7, 11) is 0. The van der Waals surface area contributed by atoms with Gasteiger partial charge in [-0.2, -0.15) is 0 Å². The maximum absolute atomic E-state index is 11.8. The molecule has 0 spiro atoms. The van der Waals surface area contributed by atoms with Gasteiger partial charge in [0.2, 0.25) is 6.79 Å². The molecule has 0 radical (unpaired) electrons. The van der Waals surface area contributed by atoms with Crippen molar-refractivity contribution in [3.8, 4) is 22.9 Å². The Bertz CT molecular complexity index is 1020. The minimum Gasteiger partial charge on any atom is -0.462 e. The highest BCUT2D eigenvalue weighted by atomic mass is 16.7. The number of anilines is 2. The van der Waals surface area contributed by atoms with Crippen molar-refractivity contribution in [2.24, 2.45) is 0 Å². The number of ether oxygens (including phenoxy) is 3. The summed E-state index contributed by atoms with van der Waals surface area (Å²) in [5.41, 5.74) is 2.98. The Labute approximate surface area is 162 Å². The van der Waals surface area contributed by atoms with E-state index in [1.54, 1.807) is 19.1 Å². The molecule has 0 aliphatic carbocycles. The number of nitrogens with zero attached hydrogens (tertiary/aromatic N) is 2. The lowest BCUT2D eigenvalue weighted by Gasteiger charge is -2.10. The van der Waals surface area contributed by atoms with Gasteiger partial charge in [-0.15, -0.1) is 0 Å². The van der Waals surface area contributed by atoms with Crippen LogP contribution in [0.15, 0.2) is 48.5 Å². The molecule has 1 N–H and O–H groups in total.